The van der Waals surface area contributed by atoms with Gasteiger partial charge >= 0.3 is 0 Å². The highest BCUT2D eigenvalue weighted by atomic mass is 127. The lowest BCUT2D eigenvalue weighted by atomic mass is 10.3. The lowest BCUT2D eigenvalue weighted by molar-refractivity contribution is -0.0136. The van der Waals surface area contributed by atoms with E-state index in [9.17, 15) is 0 Å². The molecule has 114 valence electrons. The third kappa shape index (κ3) is 6.38. The van der Waals surface area contributed by atoms with Crippen LogP contribution in [-0.2, 0) is 11.2 Å². The number of rotatable bonds is 5. The van der Waals surface area contributed by atoms with Gasteiger partial charge in [-0.2, -0.15) is 0 Å². The molecule has 2 heterocycles. The second-order valence-corrected chi connectivity index (χ2v) is 5.77. The molecule has 1 aromatic heterocycles. The average Bonchev–Trinajstić information content (AvgIpc) is 2.90. The van der Waals surface area contributed by atoms with Crippen molar-refractivity contribution in [1.82, 2.24) is 10.2 Å². The van der Waals surface area contributed by atoms with Crippen LogP contribution in [0.1, 0.15) is 4.88 Å². The highest BCUT2D eigenvalue weighted by molar-refractivity contribution is 14.0. The van der Waals surface area contributed by atoms with Crippen LogP contribution in [0.25, 0.3) is 0 Å². The zero-order valence-corrected chi connectivity index (χ0v) is 14.9. The summed E-state index contributed by atoms with van der Waals surface area (Å²) in [6.07, 6.45) is 1.15. The molecular formula is C13H23IN4OS. The van der Waals surface area contributed by atoms with Crippen LogP contribution in [0, 0.1) is 0 Å². The summed E-state index contributed by atoms with van der Waals surface area (Å²) in [6, 6.07) is 4.19. The fourth-order valence-corrected chi connectivity index (χ4v) is 2.71. The van der Waals surface area contributed by atoms with E-state index in [1.165, 1.54) is 4.88 Å². The van der Waals surface area contributed by atoms with Crippen LogP contribution < -0.4 is 11.1 Å². The van der Waals surface area contributed by atoms with Gasteiger partial charge in [-0.3, -0.25) is 4.99 Å². The molecule has 1 unspecified atom stereocenters. The number of nitrogens with one attached hydrogen (secondary N) is 1. The summed E-state index contributed by atoms with van der Waals surface area (Å²) in [5.41, 5.74) is 5.84. The number of ether oxygens (including phenoxy) is 1. The molecule has 1 aliphatic heterocycles. The highest BCUT2D eigenvalue weighted by Gasteiger charge is 2.16. The molecule has 0 bridgehead atoms. The van der Waals surface area contributed by atoms with Crippen molar-refractivity contribution in [3.8, 4) is 0 Å². The van der Waals surface area contributed by atoms with Crippen LogP contribution in [0.4, 0.5) is 0 Å². The molecule has 1 atom stereocenters. The Bertz CT molecular complexity index is 399. The van der Waals surface area contributed by atoms with E-state index < -0.39 is 0 Å². The van der Waals surface area contributed by atoms with Gasteiger partial charge in [0.15, 0.2) is 5.96 Å². The van der Waals surface area contributed by atoms with Crippen LogP contribution in [0.15, 0.2) is 22.5 Å². The second kappa shape index (κ2) is 9.54. The largest absolute Gasteiger partial charge is 0.374 e. The van der Waals surface area contributed by atoms with Gasteiger partial charge in [-0.25, -0.2) is 0 Å². The van der Waals surface area contributed by atoms with Gasteiger partial charge in [0.05, 0.1) is 19.3 Å². The molecule has 0 amide bonds. The van der Waals surface area contributed by atoms with Crippen molar-refractivity contribution in [3.63, 3.8) is 0 Å². The maximum atomic E-state index is 5.84. The lowest BCUT2D eigenvalue weighted by Crippen LogP contribution is -2.42. The summed E-state index contributed by atoms with van der Waals surface area (Å²) >= 11 is 1.76. The Labute approximate surface area is 141 Å². The standard InChI is InChI=1S/C13H22N4OS.HI/c1-17-6-7-18-11(10-17)9-16-13(14)15-5-4-12-3-2-8-19-12;/h2-3,8,11H,4-7,9-10H2,1H3,(H3,14,15,16);1H. The summed E-state index contributed by atoms with van der Waals surface area (Å²) in [4.78, 5) is 7.95. The maximum Gasteiger partial charge on any atom is 0.188 e. The number of morpholine rings is 1. The van der Waals surface area contributed by atoms with E-state index in [1.807, 2.05) is 0 Å². The molecule has 3 N–H and O–H groups in total. The minimum Gasteiger partial charge on any atom is -0.374 e. The molecule has 5 nitrogen and oxygen atoms in total. The van der Waals surface area contributed by atoms with Gasteiger partial charge in [-0.15, -0.1) is 35.3 Å². The van der Waals surface area contributed by atoms with Gasteiger partial charge in [-0.1, -0.05) is 6.07 Å². The molecule has 0 aromatic carbocycles. The minimum atomic E-state index is 0. The summed E-state index contributed by atoms with van der Waals surface area (Å²) in [7, 11) is 2.10. The zero-order valence-electron chi connectivity index (χ0n) is 11.7. The summed E-state index contributed by atoms with van der Waals surface area (Å²) in [5.74, 6) is 0.508. The SMILES string of the molecule is CN1CCOC(CN=C(N)NCCc2cccs2)C1.I. The molecule has 0 aliphatic carbocycles. The molecule has 1 saturated heterocycles. The molecule has 1 aliphatic rings. The topological polar surface area (TPSA) is 62.9 Å². The third-order valence-electron chi connectivity index (χ3n) is 3.06. The van der Waals surface area contributed by atoms with Gasteiger partial charge in [0.25, 0.3) is 0 Å². The normalized spacial score (nSPS) is 20.4. The van der Waals surface area contributed by atoms with Crippen LogP contribution in [0.3, 0.4) is 0 Å². The van der Waals surface area contributed by atoms with E-state index in [-0.39, 0.29) is 30.1 Å². The predicted octanol–water partition coefficient (Wildman–Crippen LogP) is 1.14. The highest BCUT2D eigenvalue weighted by Crippen LogP contribution is 2.08. The third-order valence-corrected chi connectivity index (χ3v) is 4.00. The first-order chi connectivity index (χ1) is 9.24. The van der Waals surface area contributed by atoms with Crippen molar-refractivity contribution in [3.05, 3.63) is 22.4 Å². The van der Waals surface area contributed by atoms with E-state index in [1.54, 1.807) is 11.3 Å². The molecule has 2 rings (SSSR count). The summed E-state index contributed by atoms with van der Waals surface area (Å²) in [5, 5.41) is 5.22. The van der Waals surface area contributed by atoms with E-state index in [2.05, 4.69) is 39.8 Å². The Balaban J connectivity index is 0.00000200. The number of hydrogen-bond acceptors (Lipinski definition) is 4. The molecule has 7 heteroatoms. The van der Waals surface area contributed by atoms with Crippen molar-refractivity contribution < 1.29 is 4.74 Å². The Morgan fingerprint density at radius 3 is 3.20 bits per heavy atom. The van der Waals surface area contributed by atoms with Crippen molar-refractivity contribution in [2.75, 3.05) is 39.8 Å². The number of guanidine groups is 1. The van der Waals surface area contributed by atoms with E-state index in [4.69, 9.17) is 10.5 Å². The minimum absolute atomic E-state index is 0. The first-order valence-corrected chi connectivity index (χ1v) is 7.48. The molecule has 0 saturated carbocycles. The molecule has 0 radical (unpaired) electrons. The summed E-state index contributed by atoms with van der Waals surface area (Å²) in [6.45, 7) is 4.15. The number of aliphatic imine (C=N–C) groups is 1. The number of halogens is 1. The molecule has 1 fully saturated rings. The predicted molar refractivity (Wildman–Crippen MR) is 95.2 cm³/mol. The van der Waals surface area contributed by atoms with E-state index >= 15 is 0 Å². The van der Waals surface area contributed by atoms with Crippen LogP contribution in [0.2, 0.25) is 0 Å². The smallest absolute Gasteiger partial charge is 0.188 e. The van der Waals surface area contributed by atoms with Gasteiger partial charge in [0.1, 0.15) is 0 Å². The van der Waals surface area contributed by atoms with E-state index in [0.29, 0.717) is 12.5 Å². The number of nitrogens with zero attached hydrogens (tertiary/aromatic N) is 2. The van der Waals surface area contributed by atoms with Crippen molar-refractivity contribution in [2.24, 2.45) is 10.7 Å². The van der Waals surface area contributed by atoms with Crippen LogP contribution in [0.5, 0.6) is 0 Å². The molecule has 0 spiro atoms. The van der Waals surface area contributed by atoms with Crippen LogP contribution in [-0.4, -0.2) is 56.8 Å². The van der Waals surface area contributed by atoms with Crippen LogP contribution >= 0.6 is 35.3 Å². The number of likely N-dealkylation sites (N-methyl/N-ethyl adjacent to an activating group) is 1. The zero-order chi connectivity index (χ0) is 13.5. The first kappa shape index (κ1) is 17.7. The number of hydrogen-bond donors (Lipinski definition) is 2. The van der Waals surface area contributed by atoms with Crippen molar-refractivity contribution in [2.45, 2.75) is 12.5 Å². The Kier molecular flexibility index (Phi) is 8.43. The Morgan fingerprint density at radius 2 is 2.50 bits per heavy atom. The van der Waals surface area contributed by atoms with Gasteiger partial charge in [0.2, 0.25) is 0 Å². The Hall–Kier alpha value is -0.380. The second-order valence-electron chi connectivity index (χ2n) is 4.74. The summed E-state index contributed by atoms with van der Waals surface area (Å²) < 4.78 is 5.63. The monoisotopic (exact) mass is 410 g/mol. The fourth-order valence-electron chi connectivity index (χ4n) is 2.00. The number of thiophene rings is 1. The van der Waals surface area contributed by atoms with E-state index in [0.717, 1.165) is 32.7 Å². The van der Waals surface area contributed by atoms with Crippen molar-refractivity contribution >= 4 is 41.3 Å². The molecule has 1 aromatic rings. The van der Waals surface area contributed by atoms with Gasteiger partial charge in [-0.05, 0) is 24.9 Å². The Morgan fingerprint density at radius 1 is 1.65 bits per heavy atom. The van der Waals surface area contributed by atoms with Crippen molar-refractivity contribution in [1.29, 1.82) is 0 Å². The molecule has 20 heavy (non-hydrogen) atoms. The quantitative estimate of drug-likeness (QED) is 0.434. The number of nitrogens with two attached hydrogens (primary N) is 1. The van der Waals surface area contributed by atoms with Gasteiger partial charge in [0, 0.05) is 24.5 Å². The van der Waals surface area contributed by atoms with Gasteiger partial charge < -0.3 is 20.7 Å². The maximum absolute atomic E-state index is 5.84. The lowest BCUT2D eigenvalue weighted by Gasteiger charge is -2.29. The first-order valence-electron chi connectivity index (χ1n) is 6.60. The molecular weight excluding hydrogens is 387 g/mol. The fraction of sp³-hybridized carbons (Fsp3) is 0.615. The average molecular weight is 410 g/mol.